The third kappa shape index (κ3) is 4.75. The Kier molecular flexibility index (Phi) is 5.06. The Morgan fingerprint density at radius 2 is 2.27 bits per heavy atom. The van der Waals surface area contributed by atoms with Crippen LogP contribution in [0, 0.1) is 0 Å². The van der Waals surface area contributed by atoms with E-state index in [1.807, 2.05) is 6.92 Å². The van der Waals surface area contributed by atoms with E-state index in [0.717, 1.165) is 0 Å². The third-order valence-electron chi connectivity index (χ3n) is 1.65. The maximum absolute atomic E-state index is 11.4. The van der Waals surface area contributed by atoms with Gasteiger partial charge in [0.15, 0.2) is 0 Å². The Balaban J connectivity index is 2.31. The molecule has 3 N–H and O–H groups in total. The molecular weight excluding hydrogens is 212 g/mol. The number of amides is 1. The summed E-state index contributed by atoms with van der Waals surface area (Å²) in [7, 11) is 0. The Hall–Kier alpha value is -1.14. The largest absolute Gasteiger partial charge is 0.329 e. The van der Waals surface area contributed by atoms with Crippen molar-refractivity contribution in [3.63, 3.8) is 0 Å². The Morgan fingerprint density at radius 1 is 1.60 bits per heavy atom. The average Bonchev–Trinajstić information content (AvgIpc) is 2.27. The smallest absolute Gasteiger partial charge is 0.236 e. The number of carbonyl (C=O) groups is 1. The second kappa shape index (κ2) is 6.36. The summed E-state index contributed by atoms with van der Waals surface area (Å²) in [4.78, 5) is 19.2. The quantitative estimate of drug-likeness (QED) is 0.764. The number of carbonyl (C=O) groups excluding carboxylic acids is 1. The summed E-state index contributed by atoms with van der Waals surface area (Å²) >= 11 is 1.51. The van der Waals surface area contributed by atoms with Crippen LogP contribution in [0.2, 0.25) is 0 Å². The number of nitrogens with two attached hydrogens (primary N) is 1. The molecular formula is C9H14N4OS. The molecule has 0 saturated heterocycles. The number of thioether (sulfide) groups is 1. The van der Waals surface area contributed by atoms with E-state index in [1.165, 1.54) is 11.8 Å². The molecule has 0 aliphatic carbocycles. The topological polar surface area (TPSA) is 80.9 Å². The molecule has 0 aliphatic rings. The van der Waals surface area contributed by atoms with Gasteiger partial charge in [-0.25, -0.2) is 9.97 Å². The molecule has 0 bridgehead atoms. The highest BCUT2D eigenvalue weighted by atomic mass is 32.2. The van der Waals surface area contributed by atoms with Crippen molar-refractivity contribution in [1.29, 1.82) is 0 Å². The molecule has 1 heterocycles. The fraction of sp³-hybridized carbons (Fsp3) is 0.444. The summed E-state index contributed by atoms with van der Waals surface area (Å²) in [6.07, 6.45) is 3.16. The van der Waals surface area contributed by atoms with Crippen molar-refractivity contribution in [2.45, 2.75) is 12.2 Å². The SMILES string of the molecule is CC(CN)SCC(=O)Nc1ncccn1. The first-order valence-electron chi connectivity index (χ1n) is 4.61. The van der Waals surface area contributed by atoms with E-state index in [2.05, 4.69) is 15.3 Å². The van der Waals surface area contributed by atoms with Gasteiger partial charge in [-0.1, -0.05) is 6.92 Å². The van der Waals surface area contributed by atoms with Crippen molar-refractivity contribution in [3.05, 3.63) is 18.5 Å². The lowest BCUT2D eigenvalue weighted by Gasteiger charge is -2.07. The number of rotatable bonds is 5. The summed E-state index contributed by atoms with van der Waals surface area (Å²) in [5.41, 5.74) is 5.43. The van der Waals surface area contributed by atoms with Crippen LogP contribution in [0.5, 0.6) is 0 Å². The molecule has 15 heavy (non-hydrogen) atoms. The monoisotopic (exact) mass is 226 g/mol. The van der Waals surface area contributed by atoms with Crippen LogP contribution in [0.1, 0.15) is 6.92 Å². The molecule has 1 unspecified atom stereocenters. The van der Waals surface area contributed by atoms with Crippen molar-refractivity contribution in [1.82, 2.24) is 9.97 Å². The van der Waals surface area contributed by atoms with E-state index >= 15 is 0 Å². The second-order valence-corrected chi connectivity index (χ2v) is 4.40. The fourth-order valence-corrected chi connectivity index (χ4v) is 1.45. The van der Waals surface area contributed by atoms with Crippen LogP contribution < -0.4 is 11.1 Å². The van der Waals surface area contributed by atoms with Crippen molar-refractivity contribution in [2.24, 2.45) is 5.73 Å². The lowest BCUT2D eigenvalue weighted by molar-refractivity contribution is -0.113. The van der Waals surface area contributed by atoms with Gasteiger partial charge < -0.3 is 5.73 Å². The van der Waals surface area contributed by atoms with Gasteiger partial charge in [0, 0.05) is 24.2 Å². The minimum atomic E-state index is -0.105. The highest BCUT2D eigenvalue weighted by Gasteiger charge is 2.06. The first-order chi connectivity index (χ1) is 7.22. The minimum Gasteiger partial charge on any atom is -0.329 e. The molecule has 82 valence electrons. The molecule has 5 nitrogen and oxygen atoms in total. The second-order valence-electron chi connectivity index (χ2n) is 2.98. The summed E-state index contributed by atoms with van der Waals surface area (Å²) in [5, 5.41) is 2.88. The maximum atomic E-state index is 11.4. The predicted molar refractivity (Wildman–Crippen MR) is 61.6 cm³/mol. The Bertz CT molecular complexity index is 306. The molecule has 1 atom stereocenters. The molecule has 1 aromatic rings. The molecule has 0 radical (unpaired) electrons. The van der Waals surface area contributed by atoms with E-state index in [9.17, 15) is 4.79 Å². The number of nitrogens with one attached hydrogen (secondary N) is 1. The number of hydrogen-bond donors (Lipinski definition) is 2. The van der Waals surface area contributed by atoms with E-state index in [1.54, 1.807) is 18.5 Å². The third-order valence-corrected chi connectivity index (χ3v) is 2.84. The fourth-order valence-electron chi connectivity index (χ4n) is 0.810. The van der Waals surface area contributed by atoms with Gasteiger partial charge in [0.2, 0.25) is 11.9 Å². The van der Waals surface area contributed by atoms with Crippen LogP contribution in [0.4, 0.5) is 5.95 Å². The van der Waals surface area contributed by atoms with Gasteiger partial charge in [-0.2, -0.15) is 0 Å². The van der Waals surface area contributed by atoms with E-state index < -0.39 is 0 Å². The summed E-state index contributed by atoms with van der Waals surface area (Å²) in [6, 6.07) is 1.70. The normalized spacial score (nSPS) is 12.1. The van der Waals surface area contributed by atoms with Gasteiger partial charge in [-0.3, -0.25) is 10.1 Å². The highest BCUT2D eigenvalue weighted by Crippen LogP contribution is 2.08. The zero-order valence-electron chi connectivity index (χ0n) is 8.51. The van der Waals surface area contributed by atoms with E-state index in [-0.39, 0.29) is 11.2 Å². The first kappa shape index (κ1) is 11.9. The van der Waals surface area contributed by atoms with E-state index in [4.69, 9.17) is 5.73 Å². The van der Waals surface area contributed by atoms with Gasteiger partial charge in [-0.05, 0) is 6.07 Å². The Morgan fingerprint density at radius 3 is 2.87 bits per heavy atom. The molecule has 0 fully saturated rings. The molecule has 0 saturated carbocycles. The number of anilines is 1. The average molecular weight is 226 g/mol. The van der Waals surface area contributed by atoms with Gasteiger partial charge in [0.05, 0.1) is 5.75 Å². The highest BCUT2D eigenvalue weighted by molar-refractivity contribution is 8.00. The van der Waals surface area contributed by atoms with Crippen LogP contribution in [0.25, 0.3) is 0 Å². The van der Waals surface area contributed by atoms with Gasteiger partial charge >= 0.3 is 0 Å². The predicted octanol–water partition coefficient (Wildman–Crippen LogP) is 0.495. The maximum Gasteiger partial charge on any atom is 0.236 e. The van der Waals surface area contributed by atoms with Crippen molar-refractivity contribution >= 4 is 23.6 Å². The van der Waals surface area contributed by atoms with Gasteiger partial charge in [-0.15, -0.1) is 11.8 Å². The van der Waals surface area contributed by atoms with Crippen molar-refractivity contribution < 1.29 is 4.79 Å². The molecule has 0 aromatic carbocycles. The number of hydrogen-bond acceptors (Lipinski definition) is 5. The van der Waals surface area contributed by atoms with Crippen LogP contribution in [0.15, 0.2) is 18.5 Å². The molecule has 1 amide bonds. The first-order valence-corrected chi connectivity index (χ1v) is 5.65. The lowest BCUT2D eigenvalue weighted by atomic mass is 10.5. The van der Waals surface area contributed by atoms with Crippen LogP contribution in [0.3, 0.4) is 0 Å². The zero-order valence-corrected chi connectivity index (χ0v) is 9.33. The minimum absolute atomic E-state index is 0.105. The van der Waals surface area contributed by atoms with E-state index in [0.29, 0.717) is 18.2 Å². The summed E-state index contributed by atoms with van der Waals surface area (Å²) < 4.78 is 0. The number of nitrogens with zero attached hydrogens (tertiary/aromatic N) is 2. The zero-order chi connectivity index (χ0) is 11.1. The number of aromatic nitrogens is 2. The van der Waals surface area contributed by atoms with Crippen LogP contribution in [-0.2, 0) is 4.79 Å². The van der Waals surface area contributed by atoms with Crippen LogP contribution >= 0.6 is 11.8 Å². The Labute approximate surface area is 92.9 Å². The lowest BCUT2D eigenvalue weighted by Crippen LogP contribution is -2.20. The van der Waals surface area contributed by atoms with Gasteiger partial charge in [0.25, 0.3) is 0 Å². The molecule has 0 aliphatic heterocycles. The van der Waals surface area contributed by atoms with Crippen molar-refractivity contribution in [3.8, 4) is 0 Å². The molecule has 6 heteroatoms. The standard InChI is InChI=1S/C9H14N4OS/c1-7(5-10)15-6-8(14)13-9-11-3-2-4-12-9/h2-4,7H,5-6,10H2,1H3,(H,11,12,13,14). The molecule has 0 spiro atoms. The van der Waals surface area contributed by atoms with Crippen LogP contribution in [-0.4, -0.2) is 33.4 Å². The molecule has 1 aromatic heterocycles. The summed E-state index contributed by atoms with van der Waals surface area (Å²) in [6.45, 7) is 2.55. The van der Waals surface area contributed by atoms with Gasteiger partial charge in [0.1, 0.15) is 0 Å². The molecule has 1 rings (SSSR count). The van der Waals surface area contributed by atoms with Crippen molar-refractivity contribution in [2.75, 3.05) is 17.6 Å². The summed E-state index contributed by atoms with van der Waals surface area (Å²) in [5.74, 6) is 0.603.